The van der Waals surface area contributed by atoms with Gasteiger partial charge < -0.3 is 9.15 Å². The number of methoxy groups -OCH3 is 1. The van der Waals surface area contributed by atoms with Gasteiger partial charge in [-0.05, 0) is 30.7 Å². The Labute approximate surface area is 126 Å². The number of rotatable bonds is 3. The summed E-state index contributed by atoms with van der Waals surface area (Å²) in [6, 6.07) is 13.2. The molecule has 0 spiro atoms. The van der Waals surface area contributed by atoms with Crippen molar-refractivity contribution in [3.8, 4) is 5.75 Å². The van der Waals surface area contributed by atoms with E-state index in [0.29, 0.717) is 21.6 Å². The van der Waals surface area contributed by atoms with Gasteiger partial charge in [-0.15, -0.1) is 0 Å². The van der Waals surface area contributed by atoms with Crippen molar-refractivity contribution in [1.29, 1.82) is 0 Å². The molecule has 1 heterocycles. The van der Waals surface area contributed by atoms with Gasteiger partial charge in [0.05, 0.1) is 17.4 Å². The third-order valence-electron chi connectivity index (χ3n) is 3.26. The van der Waals surface area contributed by atoms with Crippen molar-refractivity contribution < 1.29 is 9.15 Å². The summed E-state index contributed by atoms with van der Waals surface area (Å²) in [5.41, 5.74) is 1.65. The Balaban J connectivity index is 2.07. The van der Waals surface area contributed by atoms with Gasteiger partial charge in [0.25, 0.3) is 0 Å². The second kappa shape index (κ2) is 5.66. The van der Waals surface area contributed by atoms with Crippen molar-refractivity contribution in [2.45, 2.75) is 16.7 Å². The molecule has 4 heteroatoms. The fourth-order valence-corrected chi connectivity index (χ4v) is 2.99. The van der Waals surface area contributed by atoms with Crippen molar-refractivity contribution in [2.24, 2.45) is 0 Å². The van der Waals surface area contributed by atoms with E-state index in [9.17, 15) is 4.79 Å². The third kappa shape index (κ3) is 2.67. The van der Waals surface area contributed by atoms with Crippen LogP contribution in [0.3, 0.4) is 0 Å². The molecule has 2 aromatic carbocycles. The van der Waals surface area contributed by atoms with Crippen molar-refractivity contribution in [3.05, 3.63) is 64.5 Å². The number of fused-ring (bicyclic) bond motifs is 1. The average Bonchev–Trinajstić information content (AvgIpc) is 2.51. The Bertz CT molecular complexity index is 852. The lowest BCUT2D eigenvalue weighted by atomic mass is 10.2. The first kappa shape index (κ1) is 13.8. The predicted octanol–water partition coefficient (Wildman–Crippen LogP) is 4.26. The molecule has 3 nitrogen and oxygen atoms in total. The highest BCUT2D eigenvalue weighted by Gasteiger charge is 2.10. The molecule has 0 fully saturated rings. The first-order valence-electron chi connectivity index (χ1n) is 6.52. The second-order valence-electron chi connectivity index (χ2n) is 4.66. The molecular formula is C17H14O3S. The maximum atomic E-state index is 12.5. The Morgan fingerprint density at radius 3 is 2.67 bits per heavy atom. The van der Waals surface area contributed by atoms with E-state index in [0.717, 1.165) is 10.5 Å². The molecule has 3 aromatic rings. The van der Waals surface area contributed by atoms with Gasteiger partial charge in [0.2, 0.25) is 5.43 Å². The number of hydrogen-bond acceptors (Lipinski definition) is 4. The summed E-state index contributed by atoms with van der Waals surface area (Å²) in [7, 11) is 1.58. The fraction of sp³-hybridized carbons (Fsp3) is 0.118. The Hall–Kier alpha value is -2.20. The third-order valence-corrected chi connectivity index (χ3v) is 4.44. The molecule has 0 aliphatic rings. The summed E-state index contributed by atoms with van der Waals surface area (Å²) in [6.07, 6.45) is 1.52. The topological polar surface area (TPSA) is 39.4 Å². The highest BCUT2D eigenvalue weighted by Crippen LogP contribution is 2.29. The molecule has 0 aliphatic heterocycles. The van der Waals surface area contributed by atoms with Crippen LogP contribution in [0.1, 0.15) is 5.56 Å². The van der Waals surface area contributed by atoms with E-state index in [4.69, 9.17) is 9.15 Å². The molecule has 1 aromatic heterocycles. The van der Waals surface area contributed by atoms with Crippen LogP contribution in [0, 0.1) is 6.92 Å². The first-order valence-corrected chi connectivity index (χ1v) is 7.34. The quantitative estimate of drug-likeness (QED) is 0.724. The number of aryl methyl sites for hydroxylation is 1. The monoisotopic (exact) mass is 298 g/mol. The summed E-state index contributed by atoms with van der Waals surface area (Å²) < 4.78 is 10.7. The lowest BCUT2D eigenvalue weighted by molar-refractivity contribution is 0.414. The maximum absolute atomic E-state index is 12.5. The van der Waals surface area contributed by atoms with E-state index in [1.165, 1.54) is 18.0 Å². The second-order valence-corrected chi connectivity index (χ2v) is 5.74. The van der Waals surface area contributed by atoms with Gasteiger partial charge in [-0.1, -0.05) is 30.0 Å². The normalized spacial score (nSPS) is 10.8. The van der Waals surface area contributed by atoms with Crippen LogP contribution in [0.4, 0.5) is 0 Å². The standard InChI is InChI=1S/C17H14O3S/c1-11-5-3-4-6-15(11)21-16-10-20-14-9-12(19-2)7-8-13(14)17(16)18/h3-10H,1-2H3. The van der Waals surface area contributed by atoms with Crippen LogP contribution in [0.5, 0.6) is 5.75 Å². The molecule has 0 amide bonds. The summed E-state index contributed by atoms with van der Waals surface area (Å²) in [5, 5.41) is 0.564. The maximum Gasteiger partial charge on any atom is 0.206 e. The summed E-state index contributed by atoms with van der Waals surface area (Å²) in [4.78, 5) is 14.2. The van der Waals surface area contributed by atoms with Gasteiger partial charge in [0.15, 0.2) is 0 Å². The van der Waals surface area contributed by atoms with Crippen LogP contribution in [0.15, 0.2) is 67.7 Å². The smallest absolute Gasteiger partial charge is 0.206 e. The fourth-order valence-electron chi connectivity index (χ4n) is 2.08. The van der Waals surface area contributed by atoms with Gasteiger partial charge in [-0.2, -0.15) is 0 Å². The molecule has 0 radical (unpaired) electrons. The predicted molar refractivity (Wildman–Crippen MR) is 84.3 cm³/mol. The molecule has 0 saturated carbocycles. The van der Waals surface area contributed by atoms with Crippen molar-refractivity contribution in [2.75, 3.05) is 7.11 Å². The summed E-state index contributed by atoms with van der Waals surface area (Å²) >= 11 is 1.43. The highest BCUT2D eigenvalue weighted by molar-refractivity contribution is 7.99. The Kier molecular flexibility index (Phi) is 3.71. The van der Waals surface area contributed by atoms with Crippen molar-refractivity contribution in [1.82, 2.24) is 0 Å². The lowest BCUT2D eigenvalue weighted by Crippen LogP contribution is -2.03. The Morgan fingerprint density at radius 1 is 1.10 bits per heavy atom. The average molecular weight is 298 g/mol. The zero-order valence-corrected chi connectivity index (χ0v) is 12.6. The lowest BCUT2D eigenvalue weighted by Gasteiger charge is -2.06. The van der Waals surface area contributed by atoms with Crippen LogP contribution in [0.25, 0.3) is 11.0 Å². The number of hydrogen-bond donors (Lipinski definition) is 0. The SMILES string of the molecule is COc1ccc2c(=O)c(Sc3ccccc3C)coc2c1. The van der Waals surface area contributed by atoms with E-state index >= 15 is 0 Å². The molecular weight excluding hydrogens is 284 g/mol. The van der Waals surface area contributed by atoms with Gasteiger partial charge in [-0.25, -0.2) is 0 Å². The van der Waals surface area contributed by atoms with E-state index in [1.54, 1.807) is 25.3 Å². The van der Waals surface area contributed by atoms with Crippen LogP contribution >= 0.6 is 11.8 Å². The molecule has 3 rings (SSSR count). The van der Waals surface area contributed by atoms with E-state index in [-0.39, 0.29) is 5.43 Å². The zero-order valence-electron chi connectivity index (χ0n) is 11.8. The molecule has 0 saturated heterocycles. The highest BCUT2D eigenvalue weighted by atomic mass is 32.2. The van der Waals surface area contributed by atoms with E-state index in [1.807, 2.05) is 31.2 Å². The molecule has 0 atom stereocenters. The van der Waals surface area contributed by atoms with Crippen molar-refractivity contribution in [3.63, 3.8) is 0 Å². The molecule has 0 N–H and O–H groups in total. The largest absolute Gasteiger partial charge is 0.497 e. The van der Waals surface area contributed by atoms with Crippen LogP contribution in [-0.4, -0.2) is 7.11 Å². The molecule has 0 bridgehead atoms. The summed E-state index contributed by atoms with van der Waals surface area (Å²) in [6.45, 7) is 2.02. The van der Waals surface area contributed by atoms with Gasteiger partial charge >= 0.3 is 0 Å². The summed E-state index contributed by atoms with van der Waals surface area (Å²) in [5.74, 6) is 0.671. The van der Waals surface area contributed by atoms with E-state index in [2.05, 4.69) is 0 Å². The van der Waals surface area contributed by atoms with Crippen LogP contribution < -0.4 is 10.2 Å². The molecule has 21 heavy (non-hydrogen) atoms. The van der Waals surface area contributed by atoms with Gasteiger partial charge in [0, 0.05) is 11.0 Å². The number of ether oxygens (including phenoxy) is 1. The van der Waals surface area contributed by atoms with E-state index < -0.39 is 0 Å². The van der Waals surface area contributed by atoms with Gasteiger partial charge in [-0.3, -0.25) is 4.79 Å². The van der Waals surface area contributed by atoms with Crippen LogP contribution in [0.2, 0.25) is 0 Å². The van der Waals surface area contributed by atoms with Crippen molar-refractivity contribution >= 4 is 22.7 Å². The first-order chi connectivity index (χ1) is 10.2. The molecule has 0 unspecified atom stereocenters. The minimum Gasteiger partial charge on any atom is -0.497 e. The minimum absolute atomic E-state index is 0.0212. The Morgan fingerprint density at radius 2 is 1.90 bits per heavy atom. The van der Waals surface area contributed by atoms with Crippen LogP contribution in [-0.2, 0) is 0 Å². The molecule has 106 valence electrons. The number of benzene rings is 2. The zero-order chi connectivity index (χ0) is 14.8. The van der Waals surface area contributed by atoms with Gasteiger partial charge in [0.1, 0.15) is 17.6 Å². The molecule has 0 aliphatic carbocycles. The minimum atomic E-state index is -0.0212.